The van der Waals surface area contributed by atoms with Gasteiger partial charge in [-0.25, -0.2) is 4.39 Å². The van der Waals surface area contributed by atoms with Gasteiger partial charge < -0.3 is 10.1 Å². The summed E-state index contributed by atoms with van der Waals surface area (Å²) in [6.07, 6.45) is 0.948. The monoisotopic (exact) mass is 294 g/mol. The second-order valence-corrected chi connectivity index (χ2v) is 4.90. The lowest BCUT2D eigenvalue weighted by Gasteiger charge is -2.07. The predicted molar refractivity (Wildman–Crippen MR) is 75.7 cm³/mol. The summed E-state index contributed by atoms with van der Waals surface area (Å²) in [6.45, 7) is 2.79. The molecule has 0 fully saturated rings. The maximum Gasteiger partial charge on any atom is 0.321 e. The lowest BCUT2D eigenvalue weighted by Crippen LogP contribution is -2.07. The highest BCUT2D eigenvalue weighted by molar-refractivity contribution is 7.99. The molecule has 1 aromatic heterocycles. The lowest BCUT2D eigenvalue weighted by molar-refractivity contribution is 0.373. The molecule has 2 aromatic rings. The quantitative estimate of drug-likeness (QED) is 0.884. The molecule has 106 valence electrons. The van der Waals surface area contributed by atoms with Gasteiger partial charge in [-0.2, -0.15) is 15.0 Å². The van der Waals surface area contributed by atoms with Gasteiger partial charge in [-0.1, -0.05) is 19.1 Å². The standard InChI is InChI=1S/C13H15FN4OS/c1-3-8-15-11-16-12(19-2)18-13(17-11)20-10-7-5-4-6-9(10)14/h4-7H,3,8H2,1-2H3,(H,15,16,17,18). The molecule has 0 bridgehead atoms. The first kappa shape index (κ1) is 14.5. The molecule has 1 heterocycles. The van der Waals surface area contributed by atoms with Crippen molar-refractivity contribution in [2.24, 2.45) is 0 Å². The van der Waals surface area contributed by atoms with Crippen LogP contribution < -0.4 is 10.1 Å². The molecule has 0 aliphatic carbocycles. The highest BCUT2D eigenvalue weighted by Gasteiger charge is 2.10. The van der Waals surface area contributed by atoms with Crippen LogP contribution in [0.4, 0.5) is 10.3 Å². The maximum atomic E-state index is 13.6. The number of aromatic nitrogens is 3. The topological polar surface area (TPSA) is 59.9 Å². The maximum absolute atomic E-state index is 13.6. The smallest absolute Gasteiger partial charge is 0.321 e. The minimum absolute atomic E-state index is 0.206. The molecule has 0 aliphatic rings. The average molecular weight is 294 g/mol. The van der Waals surface area contributed by atoms with Crippen molar-refractivity contribution in [1.29, 1.82) is 0 Å². The Labute approximate surface area is 121 Å². The predicted octanol–water partition coefficient (Wildman–Crippen LogP) is 2.99. The van der Waals surface area contributed by atoms with E-state index in [-0.39, 0.29) is 11.8 Å². The number of anilines is 1. The van der Waals surface area contributed by atoms with Crippen molar-refractivity contribution < 1.29 is 9.13 Å². The molecule has 0 saturated carbocycles. The van der Waals surface area contributed by atoms with Gasteiger partial charge in [-0.15, -0.1) is 0 Å². The van der Waals surface area contributed by atoms with E-state index in [2.05, 4.69) is 20.3 Å². The van der Waals surface area contributed by atoms with E-state index in [0.29, 0.717) is 16.0 Å². The van der Waals surface area contributed by atoms with Crippen LogP contribution in [0.5, 0.6) is 6.01 Å². The zero-order chi connectivity index (χ0) is 14.4. The Morgan fingerprint density at radius 3 is 2.75 bits per heavy atom. The third kappa shape index (κ3) is 3.80. The van der Waals surface area contributed by atoms with E-state index in [1.807, 2.05) is 6.92 Å². The fraction of sp³-hybridized carbons (Fsp3) is 0.308. The van der Waals surface area contributed by atoms with E-state index >= 15 is 0 Å². The first-order chi connectivity index (χ1) is 9.72. The van der Waals surface area contributed by atoms with Gasteiger partial charge in [0.25, 0.3) is 0 Å². The number of halogens is 1. The van der Waals surface area contributed by atoms with Crippen molar-refractivity contribution in [3.05, 3.63) is 30.1 Å². The lowest BCUT2D eigenvalue weighted by atomic mass is 10.4. The molecule has 7 heteroatoms. The Balaban J connectivity index is 2.24. The van der Waals surface area contributed by atoms with Crippen LogP contribution in [0, 0.1) is 5.82 Å². The van der Waals surface area contributed by atoms with Gasteiger partial charge in [0.1, 0.15) is 5.82 Å². The molecule has 0 unspecified atom stereocenters. The zero-order valence-electron chi connectivity index (χ0n) is 11.3. The molecular weight excluding hydrogens is 279 g/mol. The Morgan fingerprint density at radius 1 is 1.25 bits per heavy atom. The Kier molecular flexibility index (Phi) is 5.11. The fourth-order valence-electron chi connectivity index (χ4n) is 1.42. The Morgan fingerprint density at radius 2 is 2.05 bits per heavy atom. The van der Waals surface area contributed by atoms with E-state index in [4.69, 9.17) is 4.74 Å². The second-order valence-electron chi connectivity index (χ2n) is 3.89. The van der Waals surface area contributed by atoms with Gasteiger partial charge in [-0.05, 0) is 30.3 Å². The summed E-state index contributed by atoms with van der Waals surface area (Å²) in [4.78, 5) is 12.9. The highest BCUT2D eigenvalue weighted by Crippen LogP contribution is 2.28. The van der Waals surface area contributed by atoms with Crippen molar-refractivity contribution >= 4 is 17.7 Å². The minimum Gasteiger partial charge on any atom is -0.467 e. The fourth-order valence-corrected chi connectivity index (χ4v) is 2.18. The first-order valence-electron chi connectivity index (χ1n) is 6.19. The number of hydrogen-bond acceptors (Lipinski definition) is 6. The Bertz CT molecular complexity index is 582. The van der Waals surface area contributed by atoms with Crippen molar-refractivity contribution in [2.45, 2.75) is 23.4 Å². The molecule has 2 rings (SSSR count). The molecule has 0 atom stereocenters. The number of nitrogens with one attached hydrogen (secondary N) is 1. The molecule has 0 aliphatic heterocycles. The first-order valence-corrected chi connectivity index (χ1v) is 7.01. The number of ether oxygens (including phenoxy) is 1. The van der Waals surface area contributed by atoms with Gasteiger partial charge in [-0.3, -0.25) is 0 Å². The van der Waals surface area contributed by atoms with E-state index in [0.717, 1.165) is 24.7 Å². The van der Waals surface area contributed by atoms with Gasteiger partial charge in [0, 0.05) is 6.54 Å². The van der Waals surface area contributed by atoms with Crippen molar-refractivity contribution in [1.82, 2.24) is 15.0 Å². The number of rotatable bonds is 6. The van der Waals surface area contributed by atoms with Gasteiger partial charge in [0.05, 0.1) is 12.0 Å². The molecule has 1 N–H and O–H groups in total. The van der Waals surface area contributed by atoms with E-state index in [1.165, 1.54) is 13.2 Å². The average Bonchev–Trinajstić information content (AvgIpc) is 2.47. The number of methoxy groups -OCH3 is 1. The summed E-state index contributed by atoms with van der Waals surface area (Å²) in [5.74, 6) is 0.123. The van der Waals surface area contributed by atoms with Crippen molar-refractivity contribution in [2.75, 3.05) is 19.0 Å². The van der Waals surface area contributed by atoms with Crippen molar-refractivity contribution in [3.8, 4) is 6.01 Å². The van der Waals surface area contributed by atoms with Crippen LogP contribution in [0.3, 0.4) is 0 Å². The third-order valence-corrected chi connectivity index (χ3v) is 3.26. The summed E-state index contributed by atoms with van der Waals surface area (Å²) in [7, 11) is 1.48. The largest absolute Gasteiger partial charge is 0.467 e. The van der Waals surface area contributed by atoms with Gasteiger partial charge >= 0.3 is 6.01 Å². The number of hydrogen-bond donors (Lipinski definition) is 1. The van der Waals surface area contributed by atoms with Crippen LogP contribution in [0.2, 0.25) is 0 Å². The molecule has 0 spiro atoms. The molecule has 20 heavy (non-hydrogen) atoms. The third-order valence-electron chi connectivity index (χ3n) is 2.35. The second kappa shape index (κ2) is 7.04. The van der Waals surface area contributed by atoms with Gasteiger partial charge in [0.2, 0.25) is 11.1 Å². The zero-order valence-corrected chi connectivity index (χ0v) is 12.1. The van der Waals surface area contributed by atoms with Crippen LogP contribution in [-0.4, -0.2) is 28.6 Å². The van der Waals surface area contributed by atoms with Crippen LogP contribution in [0.25, 0.3) is 0 Å². The van der Waals surface area contributed by atoms with Crippen LogP contribution in [-0.2, 0) is 0 Å². The van der Waals surface area contributed by atoms with E-state index in [1.54, 1.807) is 18.2 Å². The summed E-state index contributed by atoms with van der Waals surface area (Å²) >= 11 is 1.13. The highest BCUT2D eigenvalue weighted by atomic mass is 32.2. The molecule has 5 nitrogen and oxygen atoms in total. The molecule has 0 saturated heterocycles. The summed E-state index contributed by atoms with van der Waals surface area (Å²) in [5.41, 5.74) is 0. The number of nitrogens with zero attached hydrogens (tertiary/aromatic N) is 3. The Hall–Kier alpha value is -1.89. The van der Waals surface area contributed by atoms with E-state index < -0.39 is 0 Å². The summed E-state index contributed by atoms with van der Waals surface area (Å²) < 4.78 is 18.7. The van der Waals surface area contributed by atoms with Crippen LogP contribution >= 0.6 is 11.8 Å². The van der Waals surface area contributed by atoms with Gasteiger partial charge in [0.15, 0.2) is 0 Å². The van der Waals surface area contributed by atoms with Crippen LogP contribution in [0.15, 0.2) is 34.3 Å². The molecule has 0 amide bonds. The normalized spacial score (nSPS) is 10.3. The SMILES string of the molecule is CCCNc1nc(OC)nc(Sc2ccccc2F)n1. The molecular formula is C13H15FN4OS. The van der Waals surface area contributed by atoms with Crippen molar-refractivity contribution in [3.63, 3.8) is 0 Å². The minimum atomic E-state index is -0.306. The summed E-state index contributed by atoms with van der Waals surface area (Å²) in [5, 5.41) is 3.45. The van der Waals surface area contributed by atoms with E-state index in [9.17, 15) is 4.39 Å². The molecule has 1 aromatic carbocycles. The molecule has 0 radical (unpaired) electrons. The summed E-state index contributed by atoms with van der Waals surface area (Å²) in [6, 6.07) is 6.69. The van der Waals surface area contributed by atoms with Crippen LogP contribution in [0.1, 0.15) is 13.3 Å². The number of benzene rings is 1.